The van der Waals surface area contributed by atoms with Crippen molar-refractivity contribution in [1.29, 1.82) is 0 Å². The molecule has 1 aliphatic carbocycles. The highest BCUT2D eigenvalue weighted by Gasteiger charge is 2.44. The molecule has 3 amide bonds. The van der Waals surface area contributed by atoms with E-state index in [1.807, 2.05) is 42.7 Å². The molecule has 6 heterocycles. The fraction of sp³-hybridized carbons (Fsp3) is 0.244. The van der Waals surface area contributed by atoms with Gasteiger partial charge in [0.25, 0.3) is 11.8 Å². The molecule has 6 aromatic rings. The normalized spacial score (nSPS) is 18.8. The van der Waals surface area contributed by atoms with Crippen LogP contribution in [0, 0.1) is 11.8 Å². The predicted octanol–water partition coefficient (Wildman–Crippen LogP) is 7.15. The topological polar surface area (TPSA) is 149 Å². The van der Waals surface area contributed by atoms with Crippen LogP contribution >= 0.6 is 0 Å². The standard InChI is InChI=1S/C45H38N6O6/c1-27-7-15-41(43(52)49-27)51-44(53)36-14-12-31(23-37(36)45(51)54)55-19-5-3-2-4-6-30-10-11-32(25-47-30)56-33-21-34(22-33)57-42-16-9-29(24-48-42)28-8-13-35-38-26-46-18-17-39(38)50-40(35)20-28/h8-14,16-18,20,23-26,33-34,41,50H,1-3,5,7,15,19,21-22H2,(H,49,52). The maximum Gasteiger partial charge on any atom is 0.262 e. The van der Waals surface area contributed by atoms with Crippen molar-refractivity contribution in [3.8, 4) is 40.3 Å². The number of allylic oxidation sites excluding steroid dienone is 1. The predicted molar refractivity (Wildman–Crippen MR) is 213 cm³/mol. The van der Waals surface area contributed by atoms with Gasteiger partial charge in [0, 0.05) is 77.0 Å². The monoisotopic (exact) mass is 758 g/mol. The van der Waals surface area contributed by atoms with Gasteiger partial charge in [-0.3, -0.25) is 24.3 Å². The molecule has 1 unspecified atom stereocenters. The van der Waals surface area contributed by atoms with Crippen molar-refractivity contribution in [2.75, 3.05) is 6.61 Å². The van der Waals surface area contributed by atoms with Crippen LogP contribution in [-0.2, 0) is 4.79 Å². The lowest BCUT2D eigenvalue weighted by Gasteiger charge is -2.34. The Bertz CT molecular complexity index is 2600. The number of carbonyl (C=O) groups excluding carboxylic acids is 3. The van der Waals surface area contributed by atoms with Gasteiger partial charge in [0.1, 0.15) is 35.4 Å². The molecule has 1 saturated heterocycles. The minimum atomic E-state index is -0.843. The van der Waals surface area contributed by atoms with Crippen LogP contribution < -0.4 is 19.5 Å². The average molecular weight is 759 g/mol. The summed E-state index contributed by atoms with van der Waals surface area (Å²) in [7, 11) is 0. The molecule has 2 fully saturated rings. The van der Waals surface area contributed by atoms with Gasteiger partial charge in [-0.1, -0.05) is 24.6 Å². The highest BCUT2D eigenvalue weighted by atomic mass is 16.5. The van der Waals surface area contributed by atoms with E-state index in [2.05, 4.69) is 61.9 Å². The van der Waals surface area contributed by atoms with Crippen molar-refractivity contribution in [3.63, 3.8) is 0 Å². The number of unbranched alkanes of at least 4 members (excludes halogenated alkanes) is 2. The van der Waals surface area contributed by atoms with Gasteiger partial charge in [-0.15, -0.1) is 0 Å². The van der Waals surface area contributed by atoms with Crippen molar-refractivity contribution in [3.05, 3.63) is 121 Å². The second-order valence-corrected chi connectivity index (χ2v) is 14.5. The van der Waals surface area contributed by atoms with E-state index in [1.54, 1.807) is 30.6 Å². The van der Waals surface area contributed by atoms with Gasteiger partial charge in [0.2, 0.25) is 11.8 Å². The number of carbonyl (C=O) groups is 3. The molecule has 2 N–H and O–H groups in total. The van der Waals surface area contributed by atoms with Crippen molar-refractivity contribution >= 4 is 39.5 Å². The van der Waals surface area contributed by atoms with Crippen LogP contribution in [0.15, 0.2) is 104 Å². The molecule has 0 spiro atoms. The van der Waals surface area contributed by atoms with Gasteiger partial charge in [0.05, 0.1) is 23.9 Å². The number of benzene rings is 2. The van der Waals surface area contributed by atoms with Gasteiger partial charge in [0.15, 0.2) is 0 Å². The molecule has 284 valence electrons. The number of fused-ring (bicyclic) bond motifs is 4. The zero-order valence-electron chi connectivity index (χ0n) is 31.0. The van der Waals surface area contributed by atoms with E-state index in [0.717, 1.165) is 63.5 Å². The van der Waals surface area contributed by atoms with Crippen LogP contribution in [0.2, 0.25) is 0 Å². The van der Waals surface area contributed by atoms with Crippen molar-refractivity contribution in [2.45, 2.75) is 63.2 Å². The number of ether oxygens (including phenoxy) is 3. The molecule has 1 atom stereocenters. The van der Waals surface area contributed by atoms with E-state index < -0.39 is 17.9 Å². The number of H-pyrrole nitrogens is 1. The van der Waals surface area contributed by atoms with E-state index in [4.69, 9.17) is 14.2 Å². The molecule has 57 heavy (non-hydrogen) atoms. The molecule has 0 radical (unpaired) electrons. The third-order valence-corrected chi connectivity index (χ3v) is 10.6. The molecule has 12 heteroatoms. The smallest absolute Gasteiger partial charge is 0.262 e. The van der Waals surface area contributed by atoms with Crippen LogP contribution in [0.25, 0.3) is 32.9 Å². The molecular weight excluding hydrogens is 721 g/mol. The largest absolute Gasteiger partial charge is 0.494 e. The summed E-state index contributed by atoms with van der Waals surface area (Å²) in [6, 6.07) is 20.0. The highest BCUT2D eigenvalue weighted by molar-refractivity contribution is 6.23. The number of hydrogen-bond acceptors (Lipinski definition) is 9. The molecule has 2 aliphatic heterocycles. The number of imide groups is 1. The number of amides is 3. The fourth-order valence-corrected chi connectivity index (χ4v) is 7.42. The van der Waals surface area contributed by atoms with Crippen LogP contribution in [0.3, 0.4) is 0 Å². The lowest BCUT2D eigenvalue weighted by Crippen LogP contribution is -2.51. The number of aromatic nitrogens is 4. The minimum Gasteiger partial charge on any atom is -0.494 e. The fourth-order valence-electron chi connectivity index (χ4n) is 7.42. The maximum atomic E-state index is 13.1. The molecule has 2 aromatic carbocycles. The Kier molecular flexibility index (Phi) is 9.56. The highest BCUT2D eigenvalue weighted by Crippen LogP contribution is 2.33. The van der Waals surface area contributed by atoms with Crippen LogP contribution in [0.4, 0.5) is 0 Å². The van der Waals surface area contributed by atoms with Crippen LogP contribution in [0.1, 0.15) is 71.4 Å². The third-order valence-electron chi connectivity index (χ3n) is 10.6. The molecule has 4 aromatic heterocycles. The Morgan fingerprint density at radius 2 is 1.63 bits per heavy atom. The first-order valence-corrected chi connectivity index (χ1v) is 19.1. The van der Waals surface area contributed by atoms with Crippen LogP contribution in [-0.4, -0.2) is 67.4 Å². The number of rotatable bonds is 11. The number of pyridine rings is 3. The van der Waals surface area contributed by atoms with Crippen molar-refractivity contribution in [2.24, 2.45) is 0 Å². The summed E-state index contributed by atoms with van der Waals surface area (Å²) in [6.07, 6.45) is 12.0. The minimum absolute atomic E-state index is 0.0428. The number of nitrogens with zero attached hydrogens (tertiary/aromatic N) is 4. The second-order valence-electron chi connectivity index (χ2n) is 14.5. The van der Waals surface area contributed by atoms with E-state index >= 15 is 0 Å². The summed E-state index contributed by atoms with van der Waals surface area (Å²) in [5, 5.41) is 4.90. The average Bonchev–Trinajstić information content (AvgIpc) is 3.70. The van der Waals surface area contributed by atoms with Gasteiger partial charge >= 0.3 is 0 Å². The summed E-state index contributed by atoms with van der Waals surface area (Å²) in [4.78, 5) is 56.3. The van der Waals surface area contributed by atoms with Crippen molar-refractivity contribution < 1.29 is 28.6 Å². The zero-order chi connectivity index (χ0) is 38.9. The van der Waals surface area contributed by atoms with E-state index in [0.29, 0.717) is 54.6 Å². The number of aromatic amines is 1. The first-order chi connectivity index (χ1) is 27.9. The lowest BCUT2D eigenvalue weighted by atomic mass is 9.92. The maximum absolute atomic E-state index is 13.1. The summed E-state index contributed by atoms with van der Waals surface area (Å²) >= 11 is 0. The molecule has 1 saturated carbocycles. The quantitative estimate of drug-likeness (QED) is 0.0799. The van der Waals surface area contributed by atoms with E-state index in [-0.39, 0.29) is 29.2 Å². The lowest BCUT2D eigenvalue weighted by molar-refractivity contribution is -0.125. The first kappa shape index (κ1) is 35.7. The Labute approximate surface area is 328 Å². The number of piperidine rings is 1. The number of hydrogen-bond donors (Lipinski definition) is 2. The summed E-state index contributed by atoms with van der Waals surface area (Å²) in [5.74, 6) is 6.72. The molecule has 3 aliphatic rings. The Morgan fingerprint density at radius 3 is 2.46 bits per heavy atom. The summed E-state index contributed by atoms with van der Waals surface area (Å²) in [5.41, 5.74) is 6.02. The van der Waals surface area contributed by atoms with Crippen LogP contribution in [0.5, 0.6) is 17.4 Å². The second kappa shape index (κ2) is 15.3. The molecule has 0 bridgehead atoms. The van der Waals surface area contributed by atoms with Gasteiger partial charge in [-0.25, -0.2) is 9.97 Å². The molecule has 12 nitrogen and oxygen atoms in total. The van der Waals surface area contributed by atoms with Gasteiger partial charge in [-0.2, -0.15) is 0 Å². The molecular formula is C45H38N6O6. The van der Waals surface area contributed by atoms with E-state index in [1.165, 1.54) is 0 Å². The first-order valence-electron chi connectivity index (χ1n) is 19.1. The van der Waals surface area contributed by atoms with E-state index in [9.17, 15) is 14.4 Å². The summed E-state index contributed by atoms with van der Waals surface area (Å²) < 4.78 is 18.1. The Morgan fingerprint density at radius 1 is 0.789 bits per heavy atom. The Hall–Kier alpha value is -7.00. The molecule has 9 rings (SSSR count). The Balaban J connectivity index is 0.679. The number of nitrogens with one attached hydrogen (secondary N) is 2. The zero-order valence-corrected chi connectivity index (χ0v) is 31.0. The van der Waals surface area contributed by atoms with Gasteiger partial charge in [-0.05, 0) is 85.7 Å². The van der Waals surface area contributed by atoms with Crippen molar-refractivity contribution in [1.82, 2.24) is 30.2 Å². The van der Waals surface area contributed by atoms with Gasteiger partial charge < -0.3 is 24.5 Å². The summed E-state index contributed by atoms with van der Waals surface area (Å²) in [6.45, 7) is 4.19. The SMILES string of the molecule is C=C1CCC(N2C(=O)c3ccc(OCCCCC#Cc4ccc(OC5CC(Oc6ccc(-c7ccc8c(c7)[nH]c7ccncc78)cn6)C5)cn4)cc3C2=O)C(=O)N1. The third kappa shape index (κ3) is 7.39.